The van der Waals surface area contributed by atoms with E-state index in [0.717, 1.165) is 12.0 Å². The summed E-state index contributed by atoms with van der Waals surface area (Å²) in [6.45, 7) is 5.17. The fourth-order valence-electron chi connectivity index (χ4n) is 4.10. The fourth-order valence-corrected chi connectivity index (χ4v) is 5.52. The van der Waals surface area contributed by atoms with Crippen LogP contribution in [-0.4, -0.2) is 60.8 Å². The van der Waals surface area contributed by atoms with Gasteiger partial charge in [-0.3, -0.25) is 9.59 Å². The summed E-state index contributed by atoms with van der Waals surface area (Å²) in [6, 6.07) is 7.03. The maximum Gasteiger partial charge on any atom is 0.307 e. The molecule has 1 amide bonds. The zero-order chi connectivity index (χ0) is 21.9. The highest BCUT2D eigenvalue weighted by atomic mass is 32.2. The van der Waals surface area contributed by atoms with Gasteiger partial charge < -0.3 is 10.0 Å². The normalized spacial score (nSPS) is 23.9. The minimum absolute atomic E-state index is 0.193. The molecule has 30 heavy (non-hydrogen) atoms. The molecule has 0 radical (unpaired) electrons. The first kappa shape index (κ1) is 22.5. The third kappa shape index (κ3) is 4.59. The molecule has 1 aromatic rings. The second kappa shape index (κ2) is 9.31. The summed E-state index contributed by atoms with van der Waals surface area (Å²) in [5, 5.41) is 9.41. The third-order valence-corrected chi connectivity index (χ3v) is 8.23. The van der Waals surface area contributed by atoms with Gasteiger partial charge in [-0.05, 0) is 42.9 Å². The van der Waals surface area contributed by atoms with Crippen LogP contribution in [0.25, 0.3) is 0 Å². The molecule has 1 N–H and O–H groups in total. The van der Waals surface area contributed by atoms with E-state index in [1.165, 1.54) is 4.31 Å². The summed E-state index contributed by atoms with van der Waals surface area (Å²) < 4.78 is 27.4. The van der Waals surface area contributed by atoms with Crippen molar-refractivity contribution in [3.8, 4) is 0 Å². The number of carbonyl (C=O) groups excluding carboxylic acids is 1. The van der Waals surface area contributed by atoms with E-state index in [4.69, 9.17) is 0 Å². The van der Waals surface area contributed by atoms with Gasteiger partial charge in [0.15, 0.2) is 0 Å². The van der Waals surface area contributed by atoms with Crippen LogP contribution in [0.1, 0.15) is 44.6 Å². The van der Waals surface area contributed by atoms with Gasteiger partial charge in [0.2, 0.25) is 15.9 Å². The molecule has 1 aliphatic carbocycles. The summed E-state index contributed by atoms with van der Waals surface area (Å²) in [5.74, 6) is -2.07. The molecule has 0 spiro atoms. The number of carboxylic acids is 1. The third-order valence-electron chi connectivity index (χ3n) is 6.32. The highest BCUT2D eigenvalue weighted by Crippen LogP contribution is 2.29. The SMILES string of the molecule is CC[C@@H](C)c1ccc(S(=O)(=O)N2CCN(C(=O)[C@H]3CC=CC[C@@H]3C(=O)O)CC2)cc1. The van der Waals surface area contributed by atoms with Crippen molar-refractivity contribution >= 4 is 21.9 Å². The van der Waals surface area contributed by atoms with Crippen LogP contribution in [0.15, 0.2) is 41.3 Å². The van der Waals surface area contributed by atoms with E-state index < -0.39 is 27.8 Å². The Morgan fingerprint density at radius 2 is 1.60 bits per heavy atom. The van der Waals surface area contributed by atoms with E-state index in [9.17, 15) is 23.1 Å². The van der Waals surface area contributed by atoms with Gasteiger partial charge in [0.25, 0.3) is 0 Å². The van der Waals surface area contributed by atoms with E-state index in [-0.39, 0.29) is 37.0 Å². The van der Waals surface area contributed by atoms with E-state index in [0.29, 0.717) is 18.8 Å². The van der Waals surface area contributed by atoms with E-state index in [2.05, 4.69) is 13.8 Å². The number of nitrogens with zero attached hydrogens (tertiary/aromatic N) is 2. The van der Waals surface area contributed by atoms with Crippen molar-refractivity contribution in [1.82, 2.24) is 9.21 Å². The molecule has 3 atom stereocenters. The van der Waals surface area contributed by atoms with Crippen LogP contribution in [0.3, 0.4) is 0 Å². The van der Waals surface area contributed by atoms with Crippen LogP contribution in [0.2, 0.25) is 0 Å². The Labute approximate surface area is 178 Å². The number of carboxylic acid groups (broad SMARTS) is 1. The average Bonchev–Trinajstić information content (AvgIpc) is 2.78. The van der Waals surface area contributed by atoms with Crippen molar-refractivity contribution in [1.29, 1.82) is 0 Å². The molecule has 164 valence electrons. The molecular formula is C22H30N2O5S. The Kier molecular flexibility index (Phi) is 6.98. The van der Waals surface area contributed by atoms with Crippen molar-refractivity contribution in [3.05, 3.63) is 42.0 Å². The summed E-state index contributed by atoms with van der Waals surface area (Å²) >= 11 is 0. The molecule has 0 aromatic heterocycles. The first-order valence-corrected chi connectivity index (χ1v) is 12.0. The number of hydrogen-bond donors (Lipinski definition) is 1. The molecule has 1 aromatic carbocycles. The minimum Gasteiger partial charge on any atom is -0.481 e. The first-order valence-electron chi connectivity index (χ1n) is 10.5. The van der Waals surface area contributed by atoms with E-state index in [1.54, 1.807) is 23.1 Å². The maximum atomic E-state index is 13.0. The Bertz CT molecular complexity index is 902. The Hall–Kier alpha value is -2.19. The molecular weight excluding hydrogens is 404 g/mol. The summed E-state index contributed by atoms with van der Waals surface area (Å²) in [7, 11) is -3.62. The van der Waals surface area contributed by atoms with Gasteiger partial charge in [-0.25, -0.2) is 8.42 Å². The highest BCUT2D eigenvalue weighted by molar-refractivity contribution is 7.89. The monoisotopic (exact) mass is 434 g/mol. The zero-order valence-corrected chi connectivity index (χ0v) is 18.3. The molecule has 3 rings (SSSR count). The maximum absolute atomic E-state index is 13.0. The minimum atomic E-state index is -3.62. The van der Waals surface area contributed by atoms with Crippen LogP contribution in [0, 0.1) is 11.8 Å². The number of piperazine rings is 1. The lowest BCUT2D eigenvalue weighted by Crippen LogP contribution is -2.53. The number of hydrogen-bond acceptors (Lipinski definition) is 4. The summed E-state index contributed by atoms with van der Waals surface area (Å²) in [4.78, 5) is 26.2. The van der Waals surface area contributed by atoms with Crippen LogP contribution >= 0.6 is 0 Å². The van der Waals surface area contributed by atoms with Gasteiger partial charge in [-0.1, -0.05) is 38.1 Å². The number of amides is 1. The topological polar surface area (TPSA) is 95.0 Å². The molecule has 1 heterocycles. The van der Waals surface area contributed by atoms with Crippen LogP contribution < -0.4 is 0 Å². The van der Waals surface area contributed by atoms with Gasteiger partial charge in [0.1, 0.15) is 0 Å². The van der Waals surface area contributed by atoms with Crippen molar-refractivity contribution in [2.24, 2.45) is 11.8 Å². The van der Waals surface area contributed by atoms with Crippen LogP contribution in [-0.2, 0) is 19.6 Å². The number of carbonyl (C=O) groups is 2. The quantitative estimate of drug-likeness (QED) is 0.695. The van der Waals surface area contributed by atoms with Gasteiger partial charge in [0, 0.05) is 26.2 Å². The Balaban J connectivity index is 1.65. The average molecular weight is 435 g/mol. The predicted octanol–water partition coefficient (Wildman–Crippen LogP) is 2.70. The second-order valence-corrected chi connectivity index (χ2v) is 10.0. The number of allylic oxidation sites excluding steroid dienone is 2. The van der Waals surface area contributed by atoms with Crippen molar-refractivity contribution in [2.75, 3.05) is 26.2 Å². The number of benzene rings is 1. The largest absolute Gasteiger partial charge is 0.481 e. The summed E-state index contributed by atoms with van der Waals surface area (Å²) in [5.41, 5.74) is 1.11. The Morgan fingerprint density at radius 3 is 2.13 bits per heavy atom. The molecule has 2 aliphatic rings. The fraction of sp³-hybridized carbons (Fsp3) is 0.545. The molecule has 1 aliphatic heterocycles. The van der Waals surface area contributed by atoms with Crippen molar-refractivity contribution < 1.29 is 23.1 Å². The number of aliphatic carboxylic acids is 1. The lowest BCUT2D eigenvalue weighted by atomic mass is 9.82. The number of rotatable bonds is 6. The van der Waals surface area contributed by atoms with Gasteiger partial charge in [0.05, 0.1) is 16.7 Å². The molecule has 1 saturated heterocycles. The predicted molar refractivity (Wildman–Crippen MR) is 113 cm³/mol. The Morgan fingerprint density at radius 1 is 1.03 bits per heavy atom. The standard InChI is InChI=1S/C22H30N2O5S/c1-3-16(2)17-8-10-18(11-9-17)30(28,29)24-14-12-23(13-15-24)21(25)19-6-4-5-7-20(19)22(26)27/h4-5,8-11,16,19-20H,3,6-7,12-15H2,1-2H3,(H,26,27)/t16-,19+,20+/m1/s1. The molecule has 0 bridgehead atoms. The molecule has 0 unspecified atom stereocenters. The lowest BCUT2D eigenvalue weighted by Gasteiger charge is -2.37. The lowest BCUT2D eigenvalue weighted by molar-refractivity contribution is -0.151. The zero-order valence-electron chi connectivity index (χ0n) is 17.5. The van der Waals surface area contributed by atoms with Crippen molar-refractivity contribution in [2.45, 2.75) is 43.9 Å². The molecule has 0 saturated carbocycles. The van der Waals surface area contributed by atoms with Gasteiger partial charge in [-0.2, -0.15) is 4.31 Å². The summed E-state index contributed by atoms with van der Waals surface area (Å²) in [6.07, 6.45) is 5.41. The number of sulfonamides is 1. The molecule has 8 heteroatoms. The smallest absolute Gasteiger partial charge is 0.307 e. The molecule has 1 fully saturated rings. The highest BCUT2D eigenvalue weighted by Gasteiger charge is 2.38. The van der Waals surface area contributed by atoms with E-state index >= 15 is 0 Å². The van der Waals surface area contributed by atoms with Crippen LogP contribution in [0.4, 0.5) is 0 Å². The first-order chi connectivity index (χ1) is 14.3. The van der Waals surface area contributed by atoms with Gasteiger partial charge >= 0.3 is 5.97 Å². The van der Waals surface area contributed by atoms with E-state index in [1.807, 2.05) is 18.2 Å². The van der Waals surface area contributed by atoms with Crippen molar-refractivity contribution in [3.63, 3.8) is 0 Å². The van der Waals surface area contributed by atoms with Crippen LogP contribution in [0.5, 0.6) is 0 Å². The van der Waals surface area contributed by atoms with Gasteiger partial charge in [-0.15, -0.1) is 0 Å². The second-order valence-electron chi connectivity index (χ2n) is 8.10. The molecule has 7 nitrogen and oxygen atoms in total.